The molecule has 1 aromatic carbocycles. The number of carboxylic acids is 1. The predicted molar refractivity (Wildman–Crippen MR) is 54.1 cm³/mol. The highest BCUT2D eigenvalue weighted by Crippen LogP contribution is 2.48. The molecular formula is C12H14O2. The molecule has 1 aliphatic carbocycles. The van der Waals surface area contributed by atoms with Crippen LogP contribution in [-0.4, -0.2) is 11.1 Å². The summed E-state index contributed by atoms with van der Waals surface area (Å²) in [6, 6.07) is 10.1. The van der Waals surface area contributed by atoms with Gasteiger partial charge in [0, 0.05) is 0 Å². The fraction of sp³-hybridized carbons (Fsp3) is 0.417. The summed E-state index contributed by atoms with van der Waals surface area (Å²) in [4.78, 5) is 10.7. The van der Waals surface area contributed by atoms with E-state index in [2.05, 4.69) is 19.1 Å². The van der Waals surface area contributed by atoms with Crippen LogP contribution in [0.25, 0.3) is 0 Å². The van der Waals surface area contributed by atoms with Crippen LogP contribution in [0.5, 0.6) is 0 Å². The van der Waals surface area contributed by atoms with Crippen LogP contribution in [-0.2, 0) is 4.79 Å². The second-order valence-corrected chi connectivity index (χ2v) is 4.04. The van der Waals surface area contributed by atoms with Crippen LogP contribution in [0.15, 0.2) is 30.3 Å². The third-order valence-electron chi connectivity index (χ3n) is 3.12. The minimum atomic E-state index is -0.641. The van der Waals surface area contributed by atoms with Crippen LogP contribution in [0, 0.1) is 11.8 Å². The molecule has 0 spiro atoms. The molecule has 1 N–H and O–H groups in total. The molecule has 0 amide bonds. The van der Waals surface area contributed by atoms with Crippen molar-refractivity contribution in [1.82, 2.24) is 0 Å². The maximum absolute atomic E-state index is 10.7. The second kappa shape index (κ2) is 3.45. The third kappa shape index (κ3) is 1.65. The lowest BCUT2D eigenvalue weighted by Crippen LogP contribution is -2.04. The molecule has 2 heteroatoms. The molecule has 0 heterocycles. The Hall–Kier alpha value is -1.31. The summed E-state index contributed by atoms with van der Waals surface area (Å²) in [5.74, 6) is -0.0322. The Kier molecular flexibility index (Phi) is 2.28. The van der Waals surface area contributed by atoms with Crippen LogP contribution >= 0.6 is 0 Å². The van der Waals surface area contributed by atoms with Gasteiger partial charge in [-0.3, -0.25) is 4.79 Å². The zero-order valence-corrected chi connectivity index (χ0v) is 8.18. The average molecular weight is 190 g/mol. The average Bonchev–Trinajstić information content (AvgIpc) is 2.97. The van der Waals surface area contributed by atoms with Crippen LogP contribution in [0.1, 0.15) is 24.8 Å². The zero-order valence-electron chi connectivity index (χ0n) is 8.18. The van der Waals surface area contributed by atoms with Gasteiger partial charge in [0.05, 0.1) is 5.92 Å². The molecule has 2 nitrogen and oxygen atoms in total. The summed E-state index contributed by atoms with van der Waals surface area (Å²) < 4.78 is 0. The summed E-state index contributed by atoms with van der Waals surface area (Å²) in [5, 5.41) is 8.82. The molecule has 1 aliphatic rings. The first-order chi connectivity index (χ1) is 6.70. The van der Waals surface area contributed by atoms with E-state index >= 15 is 0 Å². The number of benzene rings is 1. The molecule has 0 aliphatic heterocycles. The van der Waals surface area contributed by atoms with Gasteiger partial charge in [-0.15, -0.1) is 0 Å². The Balaban J connectivity index is 2.05. The van der Waals surface area contributed by atoms with Gasteiger partial charge in [0.1, 0.15) is 0 Å². The topological polar surface area (TPSA) is 37.3 Å². The van der Waals surface area contributed by atoms with Crippen molar-refractivity contribution in [2.45, 2.75) is 19.3 Å². The highest BCUT2D eigenvalue weighted by molar-refractivity contribution is 5.73. The largest absolute Gasteiger partial charge is 0.481 e. The fourth-order valence-corrected chi connectivity index (χ4v) is 2.05. The summed E-state index contributed by atoms with van der Waals surface area (Å²) in [5.41, 5.74) is 1.25. The molecule has 2 rings (SSSR count). The molecule has 1 saturated carbocycles. The molecule has 0 bridgehead atoms. The van der Waals surface area contributed by atoms with Gasteiger partial charge in [0.2, 0.25) is 0 Å². The van der Waals surface area contributed by atoms with Crippen LogP contribution in [0.3, 0.4) is 0 Å². The number of hydrogen-bond acceptors (Lipinski definition) is 1. The summed E-state index contributed by atoms with van der Waals surface area (Å²) >= 11 is 0. The molecule has 3 unspecified atom stereocenters. The van der Waals surface area contributed by atoms with E-state index in [1.54, 1.807) is 0 Å². The van der Waals surface area contributed by atoms with E-state index < -0.39 is 5.97 Å². The van der Waals surface area contributed by atoms with Crippen LogP contribution in [0.4, 0.5) is 0 Å². The maximum Gasteiger partial charge on any atom is 0.306 e. The van der Waals surface area contributed by atoms with Gasteiger partial charge >= 0.3 is 5.97 Å². The number of rotatable bonds is 3. The minimum Gasteiger partial charge on any atom is -0.481 e. The molecule has 0 saturated heterocycles. The lowest BCUT2D eigenvalue weighted by Gasteiger charge is -2.10. The van der Waals surface area contributed by atoms with E-state index in [-0.39, 0.29) is 5.92 Å². The predicted octanol–water partition coefficient (Wildman–Crippen LogP) is 2.51. The molecule has 1 aromatic rings. The van der Waals surface area contributed by atoms with Crippen molar-refractivity contribution in [3.05, 3.63) is 35.9 Å². The molecule has 0 aromatic heterocycles. The van der Waals surface area contributed by atoms with Gasteiger partial charge in [-0.25, -0.2) is 0 Å². The van der Waals surface area contributed by atoms with E-state index in [4.69, 9.17) is 5.11 Å². The van der Waals surface area contributed by atoms with E-state index in [1.807, 2.05) is 18.2 Å². The number of carbonyl (C=O) groups is 1. The van der Waals surface area contributed by atoms with Gasteiger partial charge in [0.25, 0.3) is 0 Å². The van der Waals surface area contributed by atoms with Crippen LogP contribution in [0.2, 0.25) is 0 Å². The molecule has 74 valence electrons. The molecular weight excluding hydrogens is 176 g/mol. The highest BCUT2D eigenvalue weighted by atomic mass is 16.4. The van der Waals surface area contributed by atoms with Gasteiger partial charge in [-0.1, -0.05) is 37.3 Å². The summed E-state index contributed by atoms with van der Waals surface area (Å²) in [6.07, 6.45) is 0.839. The Bertz CT molecular complexity index is 331. The number of carboxylic acid groups (broad SMARTS) is 1. The Labute approximate surface area is 83.6 Å². The lowest BCUT2D eigenvalue weighted by molar-refractivity contribution is -0.138. The summed E-state index contributed by atoms with van der Waals surface area (Å²) in [7, 11) is 0. The van der Waals surface area contributed by atoms with E-state index in [1.165, 1.54) is 5.56 Å². The maximum atomic E-state index is 10.7. The Morgan fingerprint density at radius 3 is 2.57 bits per heavy atom. The van der Waals surface area contributed by atoms with E-state index in [9.17, 15) is 4.79 Å². The molecule has 1 fully saturated rings. The third-order valence-corrected chi connectivity index (χ3v) is 3.12. The van der Waals surface area contributed by atoms with Crippen LogP contribution < -0.4 is 0 Å². The smallest absolute Gasteiger partial charge is 0.306 e. The highest BCUT2D eigenvalue weighted by Gasteiger charge is 2.46. The molecule has 0 radical (unpaired) electrons. The van der Waals surface area contributed by atoms with E-state index in [0.29, 0.717) is 11.8 Å². The Morgan fingerprint density at radius 1 is 1.43 bits per heavy atom. The molecule has 14 heavy (non-hydrogen) atoms. The van der Waals surface area contributed by atoms with Gasteiger partial charge in [-0.05, 0) is 23.8 Å². The van der Waals surface area contributed by atoms with Crippen molar-refractivity contribution in [1.29, 1.82) is 0 Å². The first-order valence-corrected chi connectivity index (χ1v) is 4.98. The zero-order chi connectivity index (χ0) is 10.1. The van der Waals surface area contributed by atoms with Crippen molar-refractivity contribution in [3.63, 3.8) is 0 Å². The van der Waals surface area contributed by atoms with Crippen molar-refractivity contribution in [2.24, 2.45) is 11.8 Å². The van der Waals surface area contributed by atoms with Crippen molar-refractivity contribution >= 4 is 5.97 Å². The lowest BCUT2D eigenvalue weighted by atomic mass is 9.95. The first-order valence-electron chi connectivity index (χ1n) is 4.98. The SMILES string of the molecule is CC(c1ccccc1)C1CC1C(=O)O. The van der Waals surface area contributed by atoms with Crippen molar-refractivity contribution < 1.29 is 9.90 Å². The monoisotopic (exact) mass is 190 g/mol. The van der Waals surface area contributed by atoms with Gasteiger partial charge in [-0.2, -0.15) is 0 Å². The molecule has 3 atom stereocenters. The standard InChI is InChI=1S/C12H14O2/c1-8(9-5-3-2-4-6-9)10-7-11(10)12(13)14/h2-6,8,10-11H,7H2,1H3,(H,13,14). The Morgan fingerprint density at radius 2 is 2.07 bits per heavy atom. The number of aliphatic carboxylic acids is 1. The first kappa shape index (κ1) is 9.25. The fourth-order valence-electron chi connectivity index (χ4n) is 2.05. The van der Waals surface area contributed by atoms with E-state index in [0.717, 1.165) is 6.42 Å². The van der Waals surface area contributed by atoms with Crippen molar-refractivity contribution in [2.75, 3.05) is 0 Å². The van der Waals surface area contributed by atoms with Gasteiger partial charge < -0.3 is 5.11 Å². The summed E-state index contributed by atoms with van der Waals surface area (Å²) in [6.45, 7) is 2.11. The minimum absolute atomic E-state index is 0.106. The second-order valence-electron chi connectivity index (χ2n) is 4.04. The normalized spacial score (nSPS) is 26.9. The van der Waals surface area contributed by atoms with Crippen molar-refractivity contribution in [3.8, 4) is 0 Å². The number of hydrogen-bond donors (Lipinski definition) is 1. The quantitative estimate of drug-likeness (QED) is 0.795. The van der Waals surface area contributed by atoms with Gasteiger partial charge in [0.15, 0.2) is 0 Å².